The molecule has 7 heteroatoms. The molecule has 2 N–H and O–H groups in total. The number of aryl methyl sites for hydroxylation is 1. The molecule has 0 bridgehead atoms. The minimum Gasteiger partial charge on any atom is -0.310 e. The molecule has 0 aliphatic rings. The number of halogens is 1. The highest BCUT2D eigenvalue weighted by molar-refractivity contribution is 6.33. The Morgan fingerprint density at radius 2 is 2.00 bits per heavy atom. The number of carbonyl (C=O) groups excluding carboxylic acids is 2. The van der Waals surface area contributed by atoms with Gasteiger partial charge in [-0.15, -0.1) is 0 Å². The zero-order valence-electron chi connectivity index (χ0n) is 13.3. The summed E-state index contributed by atoms with van der Waals surface area (Å²) >= 11 is 5.94. The Hall–Kier alpha value is -2.73. The summed E-state index contributed by atoms with van der Waals surface area (Å²) in [6.07, 6.45) is 1.66. The third-order valence-electron chi connectivity index (χ3n) is 3.07. The second kappa shape index (κ2) is 8.21. The Labute approximate surface area is 144 Å². The smallest absolute Gasteiger partial charge is 0.272 e. The Balaban J connectivity index is 1.90. The summed E-state index contributed by atoms with van der Waals surface area (Å²) in [6, 6.07) is 10.3. The molecule has 0 saturated heterocycles. The fourth-order valence-electron chi connectivity index (χ4n) is 1.92. The third-order valence-corrected chi connectivity index (χ3v) is 3.40. The Morgan fingerprint density at radius 1 is 1.25 bits per heavy atom. The first-order valence-corrected chi connectivity index (χ1v) is 7.64. The zero-order valence-corrected chi connectivity index (χ0v) is 14.1. The highest BCUT2D eigenvalue weighted by Gasteiger charge is 2.10. The van der Waals surface area contributed by atoms with Gasteiger partial charge in [-0.3, -0.25) is 9.59 Å². The second-order valence-corrected chi connectivity index (χ2v) is 5.62. The van der Waals surface area contributed by atoms with Crippen LogP contribution in [0.5, 0.6) is 0 Å². The van der Waals surface area contributed by atoms with Crippen LogP contribution in [0.3, 0.4) is 0 Å². The molecule has 24 heavy (non-hydrogen) atoms. The molecule has 0 unspecified atom stereocenters. The fraction of sp³-hybridized carbons (Fsp3) is 0.176. The minimum atomic E-state index is -0.430. The van der Waals surface area contributed by atoms with E-state index < -0.39 is 5.91 Å². The number of anilines is 1. The Kier molecular flexibility index (Phi) is 6.03. The number of pyridine rings is 1. The van der Waals surface area contributed by atoms with E-state index >= 15 is 0 Å². The topological polar surface area (TPSA) is 83.4 Å². The van der Waals surface area contributed by atoms with E-state index in [0.717, 1.165) is 5.56 Å². The lowest BCUT2D eigenvalue weighted by Gasteiger charge is -2.06. The summed E-state index contributed by atoms with van der Waals surface area (Å²) in [5.74, 6) is -0.213. The van der Waals surface area contributed by atoms with Gasteiger partial charge in [0.2, 0.25) is 5.91 Å². The van der Waals surface area contributed by atoms with Crippen LogP contribution in [0.25, 0.3) is 0 Å². The maximum Gasteiger partial charge on any atom is 0.272 e. The summed E-state index contributed by atoms with van der Waals surface area (Å²) in [4.78, 5) is 28.0. The first-order chi connectivity index (χ1) is 11.5. The van der Waals surface area contributed by atoms with Crippen molar-refractivity contribution in [3.05, 3.63) is 58.7 Å². The van der Waals surface area contributed by atoms with Crippen molar-refractivity contribution in [3.63, 3.8) is 0 Å². The number of amides is 2. The van der Waals surface area contributed by atoms with Gasteiger partial charge in [-0.05, 0) is 43.7 Å². The maximum atomic E-state index is 12.0. The van der Waals surface area contributed by atoms with Gasteiger partial charge in [-0.2, -0.15) is 5.10 Å². The summed E-state index contributed by atoms with van der Waals surface area (Å²) < 4.78 is 0. The van der Waals surface area contributed by atoms with Gasteiger partial charge in [0.05, 0.1) is 17.0 Å². The van der Waals surface area contributed by atoms with Crippen molar-refractivity contribution in [1.29, 1.82) is 0 Å². The standard InChI is InChI=1S/C17H17ClN4O2/c1-11-7-8-19-15(9-11)20-16(23)10-12(2)21-22-17(24)13-5-3-4-6-14(13)18/h3-9H,10H2,1-2H3,(H,22,24)(H,19,20,23). The molecule has 0 saturated carbocycles. The summed E-state index contributed by atoms with van der Waals surface area (Å²) in [7, 11) is 0. The van der Waals surface area contributed by atoms with E-state index in [4.69, 9.17) is 11.6 Å². The monoisotopic (exact) mass is 344 g/mol. The van der Waals surface area contributed by atoms with Gasteiger partial charge < -0.3 is 5.32 Å². The van der Waals surface area contributed by atoms with Crippen molar-refractivity contribution in [2.24, 2.45) is 5.10 Å². The van der Waals surface area contributed by atoms with Gasteiger partial charge in [0, 0.05) is 11.9 Å². The minimum absolute atomic E-state index is 0.0401. The first kappa shape index (κ1) is 17.6. The van der Waals surface area contributed by atoms with Crippen LogP contribution in [0.4, 0.5) is 5.82 Å². The van der Waals surface area contributed by atoms with E-state index in [1.165, 1.54) is 0 Å². The molecule has 0 fully saturated rings. The van der Waals surface area contributed by atoms with Crippen LogP contribution in [-0.4, -0.2) is 22.5 Å². The maximum absolute atomic E-state index is 12.0. The van der Waals surface area contributed by atoms with E-state index in [2.05, 4.69) is 20.8 Å². The van der Waals surface area contributed by atoms with Crippen molar-refractivity contribution in [3.8, 4) is 0 Å². The van der Waals surface area contributed by atoms with Gasteiger partial charge in [-0.1, -0.05) is 23.7 Å². The molecule has 0 aliphatic heterocycles. The second-order valence-electron chi connectivity index (χ2n) is 5.21. The fourth-order valence-corrected chi connectivity index (χ4v) is 2.14. The van der Waals surface area contributed by atoms with Crippen molar-refractivity contribution < 1.29 is 9.59 Å². The van der Waals surface area contributed by atoms with E-state index in [-0.39, 0.29) is 12.3 Å². The molecule has 2 aromatic rings. The van der Waals surface area contributed by atoms with Crippen LogP contribution in [0.15, 0.2) is 47.7 Å². The molecular weight excluding hydrogens is 328 g/mol. The normalized spacial score (nSPS) is 11.0. The van der Waals surface area contributed by atoms with E-state index in [1.54, 1.807) is 43.5 Å². The number of hydrazone groups is 1. The average Bonchev–Trinajstić information content (AvgIpc) is 2.53. The number of nitrogens with zero attached hydrogens (tertiary/aromatic N) is 2. The molecule has 1 heterocycles. The number of nitrogens with one attached hydrogen (secondary N) is 2. The quantitative estimate of drug-likeness (QED) is 0.645. The number of rotatable bonds is 5. The van der Waals surface area contributed by atoms with E-state index in [9.17, 15) is 9.59 Å². The highest BCUT2D eigenvalue weighted by atomic mass is 35.5. The number of aromatic nitrogens is 1. The predicted octanol–water partition coefficient (Wildman–Crippen LogP) is 3.18. The van der Waals surface area contributed by atoms with Gasteiger partial charge >= 0.3 is 0 Å². The van der Waals surface area contributed by atoms with Gasteiger partial charge in [0.25, 0.3) is 5.91 Å². The third kappa shape index (κ3) is 5.17. The SMILES string of the molecule is CC(CC(=O)Nc1cc(C)ccn1)=NNC(=O)c1ccccc1Cl. The van der Waals surface area contributed by atoms with Gasteiger partial charge in [0.15, 0.2) is 0 Å². The molecular formula is C17H17ClN4O2. The lowest BCUT2D eigenvalue weighted by Crippen LogP contribution is -2.22. The number of benzene rings is 1. The molecule has 0 aliphatic carbocycles. The molecule has 0 atom stereocenters. The zero-order chi connectivity index (χ0) is 17.5. The Morgan fingerprint density at radius 3 is 2.71 bits per heavy atom. The van der Waals surface area contributed by atoms with Crippen LogP contribution in [0, 0.1) is 6.92 Å². The van der Waals surface area contributed by atoms with Crippen molar-refractivity contribution in [1.82, 2.24) is 10.4 Å². The van der Waals surface area contributed by atoms with Crippen LogP contribution < -0.4 is 10.7 Å². The molecule has 2 rings (SSSR count). The molecule has 1 aromatic carbocycles. The highest BCUT2D eigenvalue weighted by Crippen LogP contribution is 2.14. The van der Waals surface area contributed by atoms with Crippen LogP contribution in [0.1, 0.15) is 29.3 Å². The van der Waals surface area contributed by atoms with Crippen molar-refractivity contribution >= 4 is 34.9 Å². The van der Waals surface area contributed by atoms with Crippen LogP contribution in [-0.2, 0) is 4.79 Å². The largest absolute Gasteiger partial charge is 0.310 e. The average molecular weight is 345 g/mol. The van der Waals surface area contributed by atoms with Crippen LogP contribution in [0.2, 0.25) is 5.02 Å². The van der Waals surface area contributed by atoms with E-state index in [1.807, 2.05) is 13.0 Å². The number of hydrogen-bond acceptors (Lipinski definition) is 4. The Bertz CT molecular complexity index is 790. The van der Waals surface area contributed by atoms with Crippen LogP contribution >= 0.6 is 11.6 Å². The van der Waals surface area contributed by atoms with Crippen molar-refractivity contribution in [2.75, 3.05) is 5.32 Å². The molecule has 0 radical (unpaired) electrons. The molecule has 6 nitrogen and oxygen atoms in total. The number of carbonyl (C=O) groups is 2. The molecule has 2 amide bonds. The predicted molar refractivity (Wildman–Crippen MR) is 94.2 cm³/mol. The lowest BCUT2D eigenvalue weighted by atomic mass is 10.2. The lowest BCUT2D eigenvalue weighted by molar-refractivity contribution is -0.115. The summed E-state index contributed by atoms with van der Waals surface area (Å²) in [5, 5.41) is 6.93. The first-order valence-electron chi connectivity index (χ1n) is 7.26. The van der Waals surface area contributed by atoms with Gasteiger partial charge in [0.1, 0.15) is 5.82 Å². The van der Waals surface area contributed by atoms with Crippen molar-refractivity contribution in [2.45, 2.75) is 20.3 Å². The molecule has 1 aromatic heterocycles. The molecule has 124 valence electrons. The van der Waals surface area contributed by atoms with Gasteiger partial charge in [-0.25, -0.2) is 10.4 Å². The number of hydrogen-bond donors (Lipinski definition) is 2. The summed E-state index contributed by atoms with van der Waals surface area (Å²) in [6.45, 7) is 3.56. The summed E-state index contributed by atoms with van der Waals surface area (Å²) in [5.41, 5.74) is 4.17. The molecule has 0 spiro atoms. The van der Waals surface area contributed by atoms with E-state index in [0.29, 0.717) is 22.1 Å².